The molecular formula is C23H22N2O3. The first kappa shape index (κ1) is 19.2. The number of benzene rings is 3. The van der Waals surface area contributed by atoms with E-state index in [-0.39, 0.29) is 11.8 Å². The van der Waals surface area contributed by atoms with Crippen LogP contribution in [0.25, 0.3) is 0 Å². The minimum atomic E-state index is -0.209. The summed E-state index contributed by atoms with van der Waals surface area (Å²) in [5.74, 6) is 0.358. The Hall–Kier alpha value is -3.60. The monoisotopic (exact) mass is 374 g/mol. The maximum absolute atomic E-state index is 12.4. The summed E-state index contributed by atoms with van der Waals surface area (Å²) in [6.45, 7) is 4.39. The summed E-state index contributed by atoms with van der Waals surface area (Å²) in [5, 5.41) is 5.70. The molecule has 3 rings (SSSR count). The van der Waals surface area contributed by atoms with E-state index in [9.17, 15) is 9.59 Å². The molecule has 0 heterocycles. The fraction of sp³-hybridized carbons (Fsp3) is 0.130. The number of amides is 2. The van der Waals surface area contributed by atoms with Crippen molar-refractivity contribution in [2.75, 3.05) is 17.2 Å². The fourth-order valence-corrected chi connectivity index (χ4v) is 2.74. The van der Waals surface area contributed by atoms with Gasteiger partial charge >= 0.3 is 0 Å². The first-order valence-corrected chi connectivity index (χ1v) is 9.08. The molecule has 0 radical (unpaired) electrons. The predicted octanol–water partition coefficient (Wildman–Crippen LogP) is 4.90. The van der Waals surface area contributed by atoms with E-state index in [1.165, 1.54) is 0 Å². The molecule has 0 aliphatic heterocycles. The number of rotatable bonds is 6. The number of hydrogen-bond donors (Lipinski definition) is 2. The molecule has 142 valence electrons. The second kappa shape index (κ2) is 8.86. The molecular weight excluding hydrogens is 352 g/mol. The summed E-state index contributed by atoms with van der Waals surface area (Å²) in [6, 6.07) is 21.4. The molecule has 0 aliphatic carbocycles. The number of anilines is 2. The van der Waals surface area contributed by atoms with Crippen LogP contribution in [0.3, 0.4) is 0 Å². The number of carbonyl (C=O) groups is 2. The molecule has 0 saturated carbocycles. The largest absolute Gasteiger partial charge is 0.494 e. The SMILES string of the molecule is CCOc1ccc(C(=O)Nc2ccc(NC(=O)c3ccccc3C)cc2)cc1. The third-order valence-electron chi connectivity index (χ3n) is 4.22. The van der Waals surface area contributed by atoms with Gasteiger partial charge in [-0.2, -0.15) is 0 Å². The van der Waals surface area contributed by atoms with Gasteiger partial charge in [0.2, 0.25) is 0 Å². The van der Waals surface area contributed by atoms with Gasteiger partial charge in [-0.3, -0.25) is 9.59 Å². The fourth-order valence-electron chi connectivity index (χ4n) is 2.74. The van der Waals surface area contributed by atoms with E-state index in [2.05, 4.69) is 10.6 Å². The highest BCUT2D eigenvalue weighted by molar-refractivity contribution is 6.06. The number of carbonyl (C=O) groups excluding carboxylic acids is 2. The number of nitrogens with one attached hydrogen (secondary N) is 2. The molecule has 2 N–H and O–H groups in total. The Bertz CT molecular complexity index is 964. The topological polar surface area (TPSA) is 67.4 Å². The Kier molecular flexibility index (Phi) is 6.07. The molecule has 0 unspecified atom stereocenters. The van der Waals surface area contributed by atoms with Gasteiger partial charge in [-0.05, 0) is 74.0 Å². The van der Waals surface area contributed by atoms with Crippen molar-refractivity contribution >= 4 is 23.2 Å². The molecule has 3 aromatic rings. The van der Waals surface area contributed by atoms with Gasteiger partial charge in [0.05, 0.1) is 6.61 Å². The minimum absolute atomic E-state index is 0.163. The van der Waals surface area contributed by atoms with Crippen molar-refractivity contribution in [3.63, 3.8) is 0 Å². The van der Waals surface area contributed by atoms with Gasteiger partial charge in [0.25, 0.3) is 11.8 Å². The lowest BCUT2D eigenvalue weighted by Gasteiger charge is -2.10. The van der Waals surface area contributed by atoms with Crippen molar-refractivity contribution in [2.45, 2.75) is 13.8 Å². The second-order valence-corrected chi connectivity index (χ2v) is 6.26. The van der Waals surface area contributed by atoms with Crippen molar-refractivity contribution in [1.29, 1.82) is 0 Å². The van der Waals surface area contributed by atoms with E-state index in [1.807, 2.05) is 32.0 Å². The zero-order chi connectivity index (χ0) is 19.9. The molecule has 0 bridgehead atoms. The quantitative estimate of drug-likeness (QED) is 0.645. The predicted molar refractivity (Wildman–Crippen MR) is 111 cm³/mol. The van der Waals surface area contributed by atoms with Crippen molar-refractivity contribution in [1.82, 2.24) is 0 Å². The molecule has 5 nitrogen and oxygen atoms in total. The van der Waals surface area contributed by atoms with Crippen molar-refractivity contribution in [3.8, 4) is 5.75 Å². The van der Waals surface area contributed by atoms with Crippen LogP contribution < -0.4 is 15.4 Å². The Morgan fingerprint density at radius 3 is 1.93 bits per heavy atom. The summed E-state index contributed by atoms with van der Waals surface area (Å²) in [4.78, 5) is 24.7. The highest BCUT2D eigenvalue weighted by Crippen LogP contribution is 2.18. The van der Waals surface area contributed by atoms with Gasteiger partial charge in [-0.1, -0.05) is 18.2 Å². The molecule has 28 heavy (non-hydrogen) atoms. The third kappa shape index (κ3) is 4.76. The molecule has 5 heteroatoms. The molecule has 3 aromatic carbocycles. The van der Waals surface area contributed by atoms with Gasteiger partial charge in [-0.25, -0.2) is 0 Å². The Morgan fingerprint density at radius 1 is 0.786 bits per heavy atom. The average molecular weight is 374 g/mol. The van der Waals surface area contributed by atoms with E-state index >= 15 is 0 Å². The van der Waals surface area contributed by atoms with Crippen LogP contribution >= 0.6 is 0 Å². The highest BCUT2D eigenvalue weighted by Gasteiger charge is 2.09. The number of ether oxygens (including phenoxy) is 1. The van der Waals surface area contributed by atoms with Crippen LogP contribution in [0.2, 0.25) is 0 Å². The van der Waals surface area contributed by atoms with Crippen LogP contribution in [0.4, 0.5) is 11.4 Å². The molecule has 0 fully saturated rings. The molecule has 0 spiro atoms. The van der Waals surface area contributed by atoms with Crippen molar-refractivity contribution < 1.29 is 14.3 Å². The first-order chi connectivity index (χ1) is 13.6. The lowest BCUT2D eigenvalue weighted by Crippen LogP contribution is -2.14. The number of hydrogen-bond acceptors (Lipinski definition) is 3. The lowest BCUT2D eigenvalue weighted by molar-refractivity contribution is 0.101. The summed E-state index contributed by atoms with van der Waals surface area (Å²) < 4.78 is 5.38. The van der Waals surface area contributed by atoms with Crippen LogP contribution in [0.1, 0.15) is 33.2 Å². The van der Waals surface area contributed by atoms with Gasteiger partial charge in [0, 0.05) is 22.5 Å². The van der Waals surface area contributed by atoms with E-state index in [0.717, 1.165) is 11.3 Å². The number of aryl methyl sites for hydroxylation is 1. The molecule has 2 amide bonds. The van der Waals surface area contributed by atoms with Crippen LogP contribution in [0.15, 0.2) is 72.8 Å². The standard InChI is InChI=1S/C23H22N2O3/c1-3-28-20-14-8-17(9-15-20)22(26)24-18-10-12-19(13-11-18)25-23(27)21-7-5-4-6-16(21)2/h4-15H,3H2,1-2H3,(H,24,26)(H,25,27). The normalized spacial score (nSPS) is 10.2. The van der Waals surface area contributed by atoms with Crippen LogP contribution in [-0.4, -0.2) is 18.4 Å². The smallest absolute Gasteiger partial charge is 0.255 e. The minimum Gasteiger partial charge on any atom is -0.494 e. The second-order valence-electron chi connectivity index (χ2n) is 6.26. The Balaban J connectivity index is 1.61. The first-order valence-electron chi connectivity index (χ1n) is 9.08. The van der Waals surface area contributed by atoms with E-state index < -0.39 is 0 Å². The van der Waals surface area contributed by atoms with Crippen LogP contribution in [-0.2, 0) is 0 Å². The van der Waals surface area contributed by atoms with Gasteiger partial charge < -0.3 is 15.4 Å². The van der Waals surface area contributed by atoms with Gasteiger partial charge in [0.1, 0.15) is 5.75 Å². The van der Waals surface area contributed by atoms with Gasteiger partial charge in [-0.15, -0.1) is 0 Å². The van der Waals surface area contributed by atoms with Crippen LogP contribution in [0, 0.1) is 6.92 Å². The van der Waals surface area contributed by atoms with E-state index in [0.29, 0.717) is 29.1 Å². The summed E-state index contributed by atoms with van der Waals surface area (Å²) in [6.07, 6.45) is 0. The maximum Gasteiger partial charge on any atom is 0.255 e. The molecule has 0 saturated heterocycles. The third-order valence-corrected chi connectivity index (χ3v) is 4.22. The van der Waals surface area contributed by atoms with E-state index in [4.69, 9.17) is 4.74 Å². The van der Waals surface area contributed by atoms with Crippen LogP contribution in [0.5, 0.6) is 5.75 Å². The zero-order valence-corrected chi connectivity index (χ0v) is 15.9. The Labute approximate surface area is 164 Å². The molecule has 0 atom stereocenters. The van der Waals surface area contributed by atoms with E-state index in [1.54, 1.807) is 54.6 Å². The summed E-state index contributed by atoms with van der Waals surface area (Å²) in [7, 11) is 0. The molecule has 0 aliphatic rings. The van der Waals surface area contributed by atoms with Crippen molar-refractivity contribution in [3.05, 3.63) is 89.5 Å². The Morgan fingerprint density at radius 2 is 1.36 bits per heavy atom. The highest BCUT2D eigenvalue weighted by atomic mass is 16.5. The summed E-state index contributed by atoms with van der Waals surface area (Å²) in [5.41, 5.74) is 3.40. The average Bonchev–Trinajstić information content (AvgIpc) is 2.70. The lowest BCUT2D eigenvalue weighted by atomic mass is 10.1. The molecule has 0 aromatic heterocycles. The maximum atomic E-state index is 12.4. The van der Waals surface area contributed by atoms with Crippen molar-refractivity contribution in [2.24, 2.45) is 0 Å². The zero-order valence-electron chi connectivity index (χ0n) is 15.9. The summed E-state index contributed by atoms with van der Waals surface area (Å²) >= 11 is 0. The van der Waals surface area contributed by atoms with Gasteiger partial charge in [0.15, 0.2) is 0 Å².